The highest BCUT2D eigenvalue weighted by Crippen LogP contribution is 2.44. The molecule has 1 aliphatic heterocycles. The second-order valence-electron chi connectivity index (χ2n) is 7.65. The summed E-state index contributed by atoms with van der Waals surface area (Å²) in [4.78, 5) is 11.0. The van der Waals surface area contributed by atoms with E-state index in [-0.39, 0.29) is 24.8 Å². The van der Waals surface area contributed by atoms with Gasteiger partial charge in [-0.2, -0.15) is 4.98 Å². The van der Waals surface area contributed by atoms with E-state index < -0.39 is 0 Å². The van der Waals surface area contributed by atoms with Gasteiger partial charge in [0.15, 0.2) is 0 Å². The van der Waals surface area contributed by atoms with Gasteiger partial charge in [0.25, 0.3) is 0 Å². The molecule has 6 nitrogen and oxygen atoms in total. The van der Waals surface area contributed by atoms with E-state index in [0.29, 0.717) is 29.7 Å². The molecule has 3 heterocycles. The Labute approximate surface area is 173 Å². The summed E-state index contributed by atoms with van der Waals surface area (Å²) in [5, 5.41) is 7.59. The fourth-order valence-corrected chi connectivity index (χ4v) is 4.39. The smallest absolute Gasteiger partial charge is 0.241 e. The van der Waals surface area contributed by atoms with Crippen LogP contribution in [0.25, 0.3) is 11.4 Å². The van der Waals surface area contributed by atoms with Crippen molar-refractivity contribution in [2.24, 2.45) is 5.41 Å². The molecule has 0 atom stereocenters. The van der Waals surface area contributed by atoms with Gasteiger partial charge < -0.3 is 9.84 Å². The third-order valence-electron chi connectivity index (χ3n) is 6.08. The minimum absolute atomic E-state index is 0. The van der Waals surface area contributed by atoms with E-state index in [1.165, 1.54) is 51.6 Å². The predicted octanol–water partition coefficient (Wildman–Crippen LogP) is 3.72. The van der Waals surface area contributed by atoms with Gasteiger partial charge in [-0.3, -0.25) is 9.88 Å². The van der Waals surface area contributed by atoms with Crippen molar-refractivity contribution < 1.29 is 4.52 Å². The second-order valence-corrected chi connectivity index (χ2v) is 7.65. The average molecular weight is 414 g/mol. The predicted molar refractivity (Wildman–Crippen MR) is 110 cm³/mol. The standard InChI is InChI=1S/C19H27N5O.2ClH/c1-24(16-4-6-19(7-5-16)8-11-20-12-9-19)14-17-22-18(23-25-17)15-3-2-10-21-13-15;;/h2-3,10,13,16,20H,4-9,11-12,14H2,1H3;2*1H. The lowest BCUT2D eigenvalue weighted by Crippen LogP contribution is -2.43. The summed E-state index contributed by atoms with van der Waals surface area (Å²) in [6.07, 6.45) is 11.5. The summed E-state index contributed by atoms with van der Waals surface area (Å²) >= 11 is 0. The van der Waals surface area contributed by atoms with Crippen LogP contribution >= 0.6 is 24.8 Å². The van der Waals surface area contributed by atoms with Crippen LogP contribution in [0, 0.1) is 5.41 Å². The molecule has 4 rings (SSSR count). The number of halogens is 2. The van der Waals surface area contributed by atoms with Gasteiger partial charge in [0.2, 0.25) is 11.7 Å². The lowest BCUT2D eigenvalue weighted by molar-refractivity contribution is 0.0697. The number of nitrogens with zero attached hydrogens (tertiary/aromatic N) is 4. The fraction of sp³-hybridized carbons (Fsp3) is 0.632. The number of hydrogen-bond donors (Lipinski definition) is 1. The van der Waals surface area contributed by atoms with Crippen LogP contribution in [0.5, 0.6) is 0 Å². The van der Waals surface area contributed by atoms with E-state index in [2.05, 4.69) is 32.4 Å². The number of nitrogens with one attached hydrogen (secondary N) is 1. The summed E-state index contributed by atoms with van der Waals surface area (Å²) in [6, 6.07) is 4.45. The quantitative estimate of drug-likeness (QED) is 0.823. The van der Waals surface area contributed by atoms with E-state index >= 15 is 0 Å². The van der Waals surface area contributed by atoms with Crippen LogP contribution in [-0.4, -0.2) is 46.2 Å². The highest BCUT2D eigenvalue weighted by atomic mass is 35.5. The van der Waals surface area contributed by atoms with Gasteiger partial charge in [-0.1, -0.05) is 5.16 Å². The van der Waals surface area contributed by atoms with Crippen LogP contribution < -0.4 is 5.32 Å². The molecule has 8 heteroatoms. The van der Waals surface area contributed by atoms with Crippen molar-refractivity contribution in [3.63, 3.8) is 0 Å². The molecule has 1 spiro atoms. The summed E-state index contributed by atoms with van der Waals surface area (Å²) in [5.41, 5.74) is 1.51. The first-order valence-electron chi connectivity index (χ1n) is 9.38. The van der Waals surface area contributed by atoms with Crippen LogP contribution in [0.1, 0.15) is 44.4 Å². The van der Waals surface area contributed by atoms with E-state index in [9.17, 15) is 0 Å². The van der Waals surface area contributed by atoms with Gasteiger partial charge in [-0.05, 0) is 76.2 Å². The molecular weight excluding hydrogens is 385 g/mol. The molecular formula is C19H29Cl2N5O. The lowest BCUT2D eigenvalue weighted by atomic mass is 9.67. The first-order valence-corrected chi connectivity index (χ1v) is 9.38. The monoisotopic (exact) mass is 413 g/mol. The van der Waals surface area contributed by atoms with Crippen LogP contribution in [-0.2, 0) is 6.54 Å². The molecule has 2 aromatic heterocycles. The summed E-state index contributed by atoms with van der Waals surface area (Å²) in [7, 11) is 2.18. The fourth-order valence-electron chi connectivity index (χ4n) is 4.39. The first-order chi connectivity index (χ1) is 12.2. The van der Waals surface area contributed by atoms with Gasteiger partial charge in [-0.15, -0.1) is 24.8 Å². The van der Waals surface area contributed by atoms with Crippen molar-refractivity contribution in [1.29, 1.82) is 0 Å². The van der Waals surface area contributed by atoms with Crippen molar-refractivity contribution in [2.45, 2.75) is 51.1 Å². The molecule has 2 aromatic rings. The molecule has 1 saturated heterocycles. The third kappa shape index (κ3) is 5.19. The molecule has 27 heavy (non-hydrogen) atoms. The Morgan fingerprint density at radius 1 is 1.19 bits per heavy atom. The molecule has 0 radical (unpaired) electrons. The maximum Gasteiger partial charge on any atom is 0.241 e. The maximum absolute atomic E-state index is 5.45. The number of rotatable bonds is 4. The molecule has 0 amide bonds. The lowest BCUT2D eigenvalue weighted by Gasteiger charge is -2.45. The van der Waals surface area contributed by atoms with Crippen LogP contribution in [0.4, 0.5) is 0 Å². The van der Waals surface area contributed by atoms with Crippen LogP contribution in [0.3, 0.4) is 0 Å². The van der Waals surface area contributed by atoms with Crippen molar-refractivity contribution >= 4 is 24.8 Å². The first kappa shape index (κ1) is 22.1. The van der Waals surface area contributed by atoms with Gasteiger partial charge in [-0.25, -0.2) is 0 Å². The van der Waals surface area contributed by atoms with E-state index in [1.807, 2.05) is 12.1 Å². The Kier molecular flexibility index (Phi) is 8.04. The van der Waals surface area contributed by atoms with Crippen molar-refractivity contribution in [1.82, 2.24) is 25.3 Å². The summed E-state index contributed by atoms with van der Waals surface area (Å²) < 4.78 is 5.45. The second kappa shape index (κ2) is 9.82. The normalized spacial score (nSPS) is 19.5. The van der Waals surface area contributed by atoms with Crippen molar-refractivity contribution in [2.75, 3.05) is 20.1 Å². The van der Waals surface area contributed by atoms with Crippen molar-refractivity contribution in [3.8, 4) is 11.4 Å². The zero-order valence-corrected chi connectivity index (χ0v) is 17.4. The van der Waals surface area contributed by atoms with E-state index in [0.717, 1.165) is 5.56 Å². The van der Waals surface area contributed by atoms with Gasteiger partial charge in [0.1, 0.15) is 0 Å². The summed E-state index contributed by atoms with van der Waals surface area (Å²) in [6.45, 7) is 3.10. The van der Waals surface area contributed by atoms with Gasteiger partial charge in [0.05, 0.1) is 6.54 Å². The highest BCUT2D eigenvalue weighted by Gasteiger charge is 2.37. The number of hydrogen-bond acceptors (Lipinski definition) is 6. The SMILES string of the molecule is CN(Cc1nc(-c2cccnc2)no1)C1CCC2(CCNCC2)CC1.Cl.Cl. The zero-order valence-electron chi connectivity index (χ0n) is 15.8. The molecule has 0 aromatic carbocycles. The topological polar surface area (TPSA) is 67.1 Å². The van der Waals surface area contributed by atoms with E-state index in [4.69, 9.17) is 4.52 Å². The molecule has 1 aliphatic carbocycles. The number of aromatic nitrogens is 3. The number of pyridine rings is 1. The highest BCUT2D eigenvalue weighted by molar-refractivity contribution is 5.85. The van der Waals surface area contributed by atoms with Crippen LogP contribution in [0.2, 0.25) is 0 Å². The Morgan fingerprint density at radius 3 is 2.59 bits per heavy atom. The molecule has 2 aliphatic rings. The van der Waals surface area contributed by atoms with Gasteiger partial charge >= 0.3 is 0 Å². The molecule has 150 valence electrons. The van der Waals surface area contributed by atoms with Crippen LogP contribution in [0.15, 0.2) is 29.0 Å². The summed E-state index contributed by atoms with van der Waals surface area (Å²) in [5.74, 6) is 1.30. The molecule has 0 unspecified atom stereocenters. The zero-order chi connectivity index (χ0) is 17.1. The maximum atomic E-state index is 5.45. The van der Waals surface area contributed by atoms with E-state index in [1.54, 1.807) is 12.4 Å². The molecule has 1 N–H and O–H groups in total. The minimum atomic E-state index is 0. The molecule has 2 fully saturated rings. The third-order valence-corrected chi connectivity index (χ3v) is 6.08. The van der Waals surface area contributed by atoms with Gasteiger partial charge in [0, 0.05) is 24.0 Å². The minimum Gasteiger partial charge on any atom is -0.338 e. The van der Waals surface area contributed by atoms with Crippen molar-refractivity contribution in [3.05, 3.63) is 30.4 Å². The average Bonchev–Trinajstić information content (AvgIpc) is 3.12. The molecule has 0 bridgehead atoms. The Balaban J connectivity index is 0.00000131. The Morgan fingerprint density at radius 2 is 1.93 bits per heavy atom. The Hall–Kier alpha value is -1.21. The number of piperidine rings is 1. The largest absolute Gasteiger partial charge is 0.338 e. The molecule has 1 saturated carbocycles. The Bertz CT molecular complexity index is 680.